The number of nitro benzene ring substituents is 1. The molecule has 1 aliphatic heterocycles. The fraction of sp³-hybridized carbons (Fsp3) is 0.0952. The Morgan fingerprint density at radius 3 is 2.61 bits per heavy atom. The molecule has 9 nitrogen and oxygen atoms in total. The van der Waals surface area contributed by atoms with Gasteiger partial charge in [0.05, 0.1) is 29.0 Å². The van der Waals surface area contributed by atoms with Gasteiger partial charge in [-0.1, -0.05) is 0 Å². The number of nitrogens with zero attached hydrogens (tertiary/aromatic N) is 3. The first-order valence-electron chi connectivity index (χ1n) is 9.11. The van der Waals surface area contributed by atoms with Crippen molar-refractivity contribution in [2.75, 3.05) is 12.0 Å². The molecule has 5 rings (SSSR count). The number of carbonyl (C=O) groups excluding carboxylic acids is 1. The molecular formula is C21H13N3O6S. The number of fused-ring (bicyclic) bond motifs is 2. The Morgan fingerprint density at radius 1 is 1.19 bits per heavy atom. The molecule has 0 spiro atoms. The van der Waals surface area contributed by atoms with E-state index < -0.39 is 16.9 Å². The van der Waals surface area contributed by atoms with Crippen LogP contribution in [0.4, 0.5) is 10.8 Å². The van der Waals surface area contributed by atoms with E-state index in [1.54, 1.807) is 29.8 Å². The van der Waals surface area contributed by atoms with Gasteiger partial charge in [-0.05, 0) is 29.8 Å². The summed E-state index contributed by atoms with van der Waals surface area (Å²) in [5.74, 6) is -0.0934. The van der Waals surface area contributed by atoms with Crippen molar-refractivity contribution in [2.45, 2.75) is 6.04 Å². The second-order valence-electron chi connectivity index (χ2n) is 6.78. The van der Waals surface area contributed by atoms with Crippen molar-refractivity contribution in [3.05, 3.63) is 91.3 Å². The highest BCUT2D eigenvalue weighted by molar-refractivity contribution is 7.13. The molecule has 0 saturated heterocycles. The molecule has 3 heterocycles. The average Bonchev–Trinajstić information content (AvgIpc) is 3.40. The summed E-state index contributed by atoms with van der Waals surface area (Å²) >= 11 is 1.24. The van der Waals surface area contributed by atoms with Crippen LogP contribution in [0.1, 0.15) is 27.7 Å². The van der Waals surface area contributed by atoms with Crippen molar-refractivity contribution in [3.63, 3.8) is 0 Å². The summed E-state index contributed by atoms with van der Waals surface area (Å²) in [4.78, 5) is 42.9. The second-order valence-corrected chi connectivity index (χ2v) is 7.65. The number of benzene rings is 2. The molecule has 0 saturated carbocycles. The van der Waals surface area contributed by atoms with Crippen LogP contribution in [0.15, 0.2) is 63.3 Å². The maximum atomic E-state index is 13.4. The fourth-order valence-corrected chi connectivity index (χ4v) is 4.37. The molecule has 31 heavy (non-hydrogen) atoms. The smallest absolute Gasteiger partial charge is 0.297 e. The number of rotatable bonds is 4. The molecule has 0 radical (unpaired) electrons. The SMILES string of the molecule is COc1ccc2c(=O)c3c(oc2c1)C(=O)N(c1nccs1)[C@@H]3c1ccc([N+](=O)[O-])cc1. The Labute approximate surface area is 178 Å². The summed E-state index contributed by atoms with van der Waals surface area (Å²) < 4.78 is 11.1. The lowest BCUT2D eigenvalue weighted by Crippen LogP contribution is -2.29. The van der Waals surface area contributed by atoms with E-state index in [1.807, 2.05) is 0 Å². The number of amides is 1. The van der Waals surface area contributed by atoms with E-state index in [2.05, 4.69) is 4.98 Å². The van der Waals surface area contributed by atoms with Crippen LogP contribution in [0.25, 0.3) is 11.0 Å². The molecule has 0 aliphatic carbocycles. The Balaban J connectivity index is 1.77. The lowest BCUT2D eigenvalue weighted by Gasteiger charge is -2.22. The van der Waals surface area contributed by atoms with Gasteiger partial charge in [0.2, 0.25) is 5.76 Å². The molecular weight excluding hydrogens is 422 g/mol. The first-order chi connectivity index (χ1) is 15.0. The lowest BCUT2D eigenvalue weighted by atomic mass is 9.98. The van der Waals surface area contributed by atoms with Gasteiger partial charge < -0.3 is 9.15 Å². The molecule has 2 aromatic heterocycles. The van der Waals surface area contributed by atoms with Crippen LogP contribution in [0, 0.1) is 10.1 Å². The molecule has 0 bridgehead atoms. The molecule has 4 aromatic rings. The van der Waals surface area contributed by atoms with E-state index in [4.69, 9.17) is 9.15 Å². The number of carbonyl (C=O) groups is 1. The predicted molar refractivity (Wildman–Crippen MR) is 113 cm³/mol. The largest absolute Gasteiger partial charge is 0.497 e. The van der Waals surface area contributed by atoms with Crippen molar-refractivity contribution in [3.8, 4) is 5.75 Å². The number of nitro groups is 1. The van der Waals surface area contributed by atoms with Gasteiger partial charge >= 0.3 is 0 Å². The molecule has 154 valence electrons. The molecule has 2 aromatic carbocycles. The molecule has 0 unspecified atom stereocenters. The quantitative estimate of drug-likeness (QED) is 0.352. The van der Waals surface area contributed by atoms with Crippen LogP contribution in [0.3, 0.4) is 0 Å². The van der Waals surface area contributed by atoms with Crippen LogP contribution in [-0.2, 0) is 0 Å². The van der Waals surface area contributed by atoms with Crippen LogP contribution >= 0.6 is 11.3 Å². The zero-order chi connectivity index (χ0) is 21.7. The fourth-order valence-electron chi connectivity index (χ4n) is 3.70. The van der Waals surface area contributed by atoms with Crippen LogP contribution in [-0.4, -0.2) is 22.9 Å². The van der Waals surface area contributed by atoms with E-state index in [9.17, 15) is 19.7 Å². The zero-order valence-corrected chi connectivity index (χ0v) is 16.8. The first kappa shape index (κ1) is 18.9. The standard InChI is InChI=1S/C21H13N3O6S/c1-29-13-6-7-14-15(10-13)30-19-16(18(14)25)17(11-2-4-12(5-3-11)24(27)28)23(20(19)26)21-22-8-9-31-21/h2-10,17H,1H3/t17-/m1/s1. The van der Waals surface area contributed by atoms with Crippen LogP contribution in [0.5, 0.6) is 5.75 Å². The summed E-state index contributed by atoms with van der Waals surface area (Å²) in [6.45, 7) is 0. The maximum Gasteiger partial charge on any atom is 0.297 e. The third kappa shape index (κ3) is 2.88. The van der Waals surface area contributed by atoms with Crippen molar-refractivity contribution >= 4 is 39.0 Å². The predicted octanol–water partition coefficient (Wildman–Crippen LogP) is 3.92. The maximum absolute atomic E-state index is 13.4. The third-order valence-electron chi connectivity index (χ3n) is 5.12. The van der Waals surface area contributed by atoms with Crippen molar-refractivity contribution in [1.82, 2.24) is 4.98 Å². The highest BCUT2D eigenvalue weighted by Crippen LogP contribution is 2.42. The van der Waals surface area contributed by atoms with E-state index in [0.29, 0.717) is 21.8 Å². The Morgan fingerprint density at radius 2 is 1.97 bits per heavy atom. The van der Waals surface area contributed by atoms with Gasteiger partial charge in [0.25, 0.3) is 11.6 Å². The monoisotopic (exact) mass is 435 g/mol. The van der Waals surface area contributed by atoms with Crippen LogP contribution < -0.4 is 15.1 Å². The van der Waals surface area contributed by atoms with E-state index in [1.165, 1.54) is 47.6 Å². The lowest BCUT2D eigenvalue weighted by molar-refractivity contribution is -0.384. The summed E-state index contributed by atoms with van der Waals surface area (Å²) in [6.07, 6.45) is 1.56. The molecule has 0 fully saturated rings. The normalized spacial score (nSPS) is 15.3. The summed E-state index contributed by atoms with van der Waals surface area (Å²) in [6, 6.07) is 9.70. The van der Waals surface area contributed by atoms with E-state index >= 15 is 0 Å². The van der Waals surface area contributed by atoms with Gasteiger partial charge in [-0.25, -0.2) is 4.98 Å². The average molecular weight is 435 g/mol. The van der Waals surface area contributed by atoms with E-state index in [-0.39, 0.29) is 28.0 Å². The number of non-ortho nitro benzene ring substituents is 1. The summed E-state index contributed by atoms with van der Waals surface area (Å²) in [7, 11) is 1.49. The highest BCUT2D eigenvalue weighted by Gasteiger charge is 2.44. The zero-order valence-electron chi connectivity index (χ0n) is 16.0. The van der Waals surface area contributed by atoms with Gasteiger partial charge in [0, 0.05) is 29.8 Å². The third-order valence-corrected chi connectivity index (χ3v) is 5.90. The number of hydrogen-bond acceptors (Lipinski definition) is 8. The number of methoxy groups -OCH3 is 1. The molecule has 10 heteroatoms. The number of thiazole rings is 1. The van der Waals surface area contributed by atoms with Crippen molar-refractivity contribution in [1.29, 1.82) is 0 Å². The molecule has 0 N–H and O–H groups in total. The highest BCUT2D eigenvalue weighted by atomic mass is 32.1. The summed E-state index contributed by atoms with van der Waals surface area (Å²) in [5, 5.41) is 13.5. The van der Waals surface area contributed by atoms with Gasteiger partial charge in [-0.2, -0.15) is 0 Å². The molecule has 1 amide bonds. The summed E-state index contributed by atoms with van der Waals surface area (Å²) in [5.41, 5.74) is 0.501. The van der Waals surface area contributed by atoms with Gasteiger partial charge in [0.15, 0.2) is 10.6 Å². The number of anilines is 1. The van der Waals surface area contributed by atoms with Gasteiger partial charge in [-0.15, -0.1) is 11.3 Å². The minimum Gasteiger partial charge on any atom is -0.497 e. The van der Waals surface area contributed by atoms with Gasteiger partial charge in [-0.3, -0.25) is 24.6 Å². The first-order valence-corrected chi connectivity index (χ1v) is 9.99. The number of aromatic nitrogens is 1. The van der Waals surface area contributed by atoms with Crippen molar-refractivity contribution in [2.24, 2.45) is 0 Å². The molecule has 1 aliphatic rings. The van der Waals surface area contributed by atoms with Crippen LogP contribution in [0.2, 0.25) is 0 Å². The minimum atomic E-state index is -0.822. The number of ether oxygens (including phenoxy) is 1. The molecule has 1 atom stereocenters. The van der Waals surface area contributed by atoms with Gasteiger partial charge in [0.1, 0.15) is 11.3 Å². The topological polar surface area (TPSA) is 116 Å². The Bertz CT molecular complexity index is 1400. The second kappa shape index (κ2) is 7.03. The Kier molecular flexibility index (Phi) is 4.29. The van der Waals surface area contributed by atoms with E-state index in [0.717, 1.165) is 0 Å². The van der Waals surface area contributed by atoms with Crippen molar-refractivity contribution < 1.29 is 18.9 Å². The number of hydrogen-bond donors (Lipinski definition) is 0. The minimum absolute atomic E-state index is 0.0793. The Hall–Kier alpha value is -4.05.